The van der Waals surface area contributed by atoms with Gasteiger partial charge in [0, 0.05) is 22.0 Å². The van der Waals surface area contributed by atoms with Crippen molar-refractivity contribution in [2.75, 3.05) is 17.5 Å². The summed E-state index contributed by atoms with van der Waals surface area (Å²) >= 11 is 21.0. The third-order valence-electron chi connectivity index (χ3n) is 9.08. The lowest BCUT2D eigenvalue weighted by molar-refractivity contribution is -0.138. The first-order valence-corrected chi connectivity index (χ1v) is 15.9. The van der Waals surface area contributed by atoms with E-state index in [0.29, 0.717) is 10.0 Å². The Balaban J connectivity index is 1.53. The molecule has 2 heterocycles. The zero-order valence-electron chi connectivity index (χ0n) is 22.6. The molecule has 6 atom stereocenters. The average molecular weight is 773 g/mol. The Morgan fingerprint density at radius 1 is 1.07 bits per heavy atom. The standard InChI is InChI=1S/C29H22Br2Cl2N2O9/c1-44-19-7-11(31)6-16(22(19)37)21-13-4-5-15-20(17(13)9-28(32)26(42)34(10-30)27(43)29(21,28)33)24(39)35(23(15)38)12-2-3-14(25(40)41)18(36)8-12/h2-4,6-8,15,17,20-21,36-37H,5,9-10H2,1H3,(H,40,41). The van der Waals surface area contributed by atoms with E-state index in [-0.39, 0.29) is 41.0 Å². The molecule has 2 aromatic carbocycles. The molecular formula is C29H22Br2Cl2N2O9. The molecule has 11 nitrogen and oxygen atoms in total. The van der Waals surface area contributed by atoms with Crippen LogP contribution >= 0.6 is 55.1 Å². The van der Waals surface area contributed by atoms with Gasteiger partial charge in [0.1, 0.15) is 11.3 Å². The van der Waals surface area contributed by atoms with Gasteiger partial charge in [-0.15, -0.1) is 23.2 Å². The number of ether oxygens (including phenoxy) is 1. The Morgan fingerprint density at radius 2 is 1.77 bits per heavy atom. The van der Waals surface area contributed by atoms with Crippen LogP contribution in [0.25, 0.3) is 0 Å². The number of benzene rings is 2. The molecule has 0 aromatic heterocycles. The fourth-order valence-electron chi connectivity index (χ4n) is 7.16. The van der Waals surface area contributed by atoms with Crippen LogP contribution in [0.5, 0.6) is 17.2 Å². The number of likely N-dealkylation sites (tertiary alicyclic amines) is 1. The smallest absolute Gasteiger partial charge is 0.339 e. The van der Waals surface area contributed by atoms with Gasteiger partial charge in [0.15, 0.2) is 21.2 Å². The fraction of sp³-hybridized carbons (Fsp3) is 0.345. The minimum atomic E-state index is -2.12. The first-order chi connectivity index (χ1) is 20.7. The van der Waals surface area contributed by atoms with Crippen LogP contribution in [0.3, 0.4) is 0 Å². The number of hydrogen-bond donors (Lipinski definition) is 3. The van der Waals surface area contributed by atoms with E-state index in [1.807, 2.05) is 0 Å². The number of hydrogen-bond acceptors (Lipinski definition) is 8. The number of fused-ring (bicyclic) bond motifs is 4. The summed E-state index contributed by atoms with van der Waals surface area (Å²) in [6, 6.07) is 6.41. The first-order valence-electron chi connectivity index (χ1n) is 13.2. The molecule has 6 unspecified atom stereocenters. The second kappa shape index (κ2) is 10.5. The Morgan fingerprint density at radius 3 is 2.39 bits per heavy atom. The molecule has 4 amide bonds. The van der Waals surface area contributed by atoms with E-state index in [4.69, 9.17) is 27.9 Å². The number of phenolic OH excluding ortho intramolecular Hbond substituents is 1. The first kappa shape index (κ1) is 30.9. The van der Waals surface area contributed by atoms with Crippen LogP contribution in [0.1, 0.15) is 34.7 Å². The summed E-state index contributed by atoms with van der Waals surface area (Å²) in [5.74, 6) is -9.11. The normalized spacial score (nSPS) is 31.1. The predicted molar refractivity (Wildman–Crippen MR) is 163 cm³/mol. The molecule has 15 heteroatoms. The number of methoxy groups -OCH3 is 1. The van der Waals surface area contributed by atoms with E-state index in [2.05, 4.69) is 31.9 Å². The molecule has 44 heavy (non-hydrogen) atoms. The number of anilines is 1. The number of amides is 4. The third-order valence-corrected chi connectivity index (χ3v) is 11.5. The molecular weight excluding hydrogens is 751 g/mol. The number of phenols is 2. The van der Waals surface area contributed by atoms with E-state index < -0.39 is 74.3 Å². The van der Waals surface area contributed by atoms with Crippen molar-refractivity contribution >= 4 is 90.3 Å². The number of aromatic carboxylic acids is 1. The quantitative estimate of drug-likeness (QED) is 0.172. The van der Waals surface area contributed by atoms with Crippen molar-refractivity contribution in [2.24, 2.45) is 17.8 Å². The van der Waals surface area contributed by atoms with Crippen molar-refractivity contribution in [2.45, 2.75) is 28.5 Å². The SMILES string of the molecule is COc1cc(Br)cc(C2C3=CCC4C(=O)N(c5ccc(C(=O)O)c(O)c5)C(=O)C4C3CC3(Cl)C(=O)N(CBr)C(=O)C23Cl)c1O. The third kappa shape index (κ3) is 3.95. The maximum Gasteiger partial charge on any atom is 0.339 e. The number of nitrogens with zero attached hydrogens (tertiary/aromatic N) is 2. The van der Waals surface area contributed by atoms with Crippen LogP contribution in [-0.4, -0.2) is 72.1 Å². The second-order valence-electron chi connectivity index (χ2n) is 11.1. The van der Waals surface area contributed by atoms with Gasteiger partial charge in [-0.3, -0.25) is 24.1 Å². The molecule has 230 valence electrons. The summed E-state index contributed by atoms with van der Waals surface area (Å²) in [4.78, 5) is 64.5. The highest BCUT2D eigenvalue weighted by molar-refractivity contribution is 9.10. The number of allylic oxidation sites excluding steroid dienone is 2. The fourth-order valence-corrected chi connectivity index (χ4v) is 9.03. The molecule has 0 spiro atoms. The van der Waals surface area contributed by atoms with Crippen molar-refractivity contribution in [3.05, 3.63) is 57.6 Å². The van der Waals surface area contributed by atoms with E-state index in [1.165, 1.54) is 25.3 Å². The Labute approximate surface area is 276 Å². The molecule has 0 bridgehead atoms. The maximum absolute atomic E-state index is 14.1. The number of carboxylic acids is 1. The lowest BCUT2D eigenvalue weighted by atomic mass is 9.56. The van der Waals surface area contributed by atoms with Crippen LogP contribution in [-0.2, 0) is 19.2 Å². The van der Waals surface area contributed by atoms with Crippen molar-refractivity contribution in [3.63, 3.8) is 0 Å². The van der Waals surface area contributed by atoms with Crippen molar-refractivity contribution in [1.82, 2.24) is 4.90 Å². The molecule has 3 N–H and O–H groups in total. The molecule has 2 aliphatic carbocycles. The molecule has 2 aromatic rings. The van der Waals surface area contributed by atoms with Gasteiger partial charge in [-0.2, -0.15) is 0 Å². The monoisotopic (exact) mass is 770 g/mol. The summed E-state index contributed by atoms with van der Waals surface area (Å²) in [7, 11) is 1.34. The molecule has 4 aliphatic rings. The topological polar surface area (TPSA) is 162 Å². The zero-order chi connectivity index (χ0) is 32.0. The number of rotatable bonds is 5. The Kier molecular flexibility index (Phi) is 7.34. The van der Waals surface area contributed by atoms with Crippen molar-refractivity contribution in [1.29, 1.82) is 0 Å². The number of carbonyl (C=O) groups excluding carboxylic acids is 4. The number of imide groups is 2. The summed E-state index contributed by atoms with van der Waals surface area (Å²) in [5, 5.41) is 30.9. The number of alkyl halides is 3. The van der Waals surface area contributed by atoms with Gasteiger partial charge in [0.25, 0.3) is 11.8 Å². The van der Waals surface area contributed by atoms with Gasteiger partial charge in [-0.1, -0.05) is 43.5 Å². The molecule has 2 aliphatic heterocycles. The van der Waals surface area contributed by atoms with E-state index in [0.717, 1.165) is 21.9 Å². The Bertz CT molecular complexity index is 1730. The number of carbonyl (C=O) groups is 5. The lowest BCUT2D eigenvalue weighted by Crippen LogP contribution is -2.60. The average Bonchev–Trinajstić information content (AvgIpc) is 3.31. The minimum absolute atomic E-state index is 0.0231. The van der Waals surface area contributed by atoms with Gasteiger partial charge < -0.3 is 20.1 Å². The van der Waals surface area contributed by atoms with Crippen LogP contribution in [0.2, 0.25) is 0 Å². The van der Waals surface area contributed by atoms with Gasteiger partial charge in [0.05, 0.1) is 30.1 Å². The number of halogens is 4. The van der Waals surface area contributed by atoms with Crippen LogP contribution in [0.4, 0.5) is 5.69 Å². The van der Waals surface area contributed by atoms with Crippen LogP contribution < -0.4 is 9.64 Å². The zero-order valence-corrected chi connectivity index (χ0v) is 27.3. The van der Waals surface area contributed by atoms with Gasteiger partial charge >= 0.3 is 5.97 Å². The van der Waals surface area contributed by atoms with Crippen molar-refractivity contribution < 1.29 is 44.0 Å². The summed E-state index contributed by atoms with van der Waals surface area (Å²) < 4.78 is 5.81. The van der Waals surface area contributed by atoms with E-state index in [1.54, 1.807) is 6.08 Å². The van der Waals surface area contributed by atoms with Crippen molar-refractivity contribution in [3.8, 4) is 17.2 Å². The van der Waals surface area contributed by atoms with Crippen LogP contribution in [0, 0.1) is 17.8 Å². The number of aromatic hydroxyl groups is 2. The Hall–Kier alpha value is -3.13. The summed E-state index contributed by atoms with van der Waals surface area (Å²) in [6.07, 6.45) is 1.50. The molecule has 0 radical (unpaired) electrons. The maximum atomic E-state index is 14.1. The van der Waals surface area contributed by atoms with E-state index in [9.17, 15) is 39.3 Å². The number of carboxylic acid groups (broad SMARTS) is 1. The van der Waals surface area contributed by atoms with E-state index >= 15 is 0 Å². The summed E-state index contributed by atoms with van der Waals surface area (Å²) in [6.45, 7) is 0. The van der Waals surface area contributed by atoms with Gasteiger partial charge in [0.2, 0.25) is 11.8 Å². The minimum Gasteiger partial charge on any atom is -0.507 e. The van der Waals surface area contributed by atoms with Gasteiger partial charge in [-0.05, 0) is 43.0 Å². The molecule has 2 saturated heterocycles. The lowest BCUT2D eigenvalue weighted by Gasteiger charge is -2.50. The van der Waals surface area contributed by atoms with Gasteiger partial charge in [-0.25, -0.2) is 9.69 Å². The van der Waals surface area contributed by atoms with Crippen LogP contribution in [0.15, 0.2) is 46.5 Å². The molecule has 6 rings (SSSR count). The highest BCUT2D eigenvalue weighted by Gasteiger charge is 2.76. The molecule has 3 fully saturated rings. The second-order valence-corrected chi connectivity index (χ2v) is 13.7. The largest absolute Gasteiger partial charge is 0.507 e. The molecule has 1 saturated carbocycles. The summed E-state index contributed by atoms with van der Waals surface area (Å²) in [5.41, 5.74) is -0.0455. The highest BCUT2D eigenvalue weighted by atomic mass is 79.9. The predicted octanol–water partition coefficient (Wildman–Crippen LogP) is 4.48. The highest BCUT2D eigenvalue weighted by Crippen LogP contribution is 2.66.